The van der Waals surface area contributed by atoms with Crippen LogP contribution >= 0.6 is 11.3 Å². The van der Waals surface area contributed by atoms with Crippen molar-refractivity contribution < 1.29 is 17.9 Å². The Morgan fingerprint density at radius 2 is 2.13 bits per heavy atom. The van der Waals surface area contributed by atoms with Crippen molar-refractivity contribution >= 4 is 27.3 Å². The second-order valence-corrected chi connectivity index (χ2v) is 8.94. The van der Waals surface area contributed by atoms with Crippen LogP contribution in [0.15, 0.2) is 21.7 Å². The average molecular weight is 358 g/mol. The molecule has 128 valence electrons. The Morgan fingerprint density at radius 3 is 2.74 bits per heavy atom. The van der Waals surface area contributed by atoms with Crippen LogP contribution < -0.4 is 4.72 Å². The Bertz CT molecular complexity index is 616. The summed E-state index contributed by atoms with van der Waals surface area (Å²) in [4.78, 5) is 14.1. The summed E-state index contributed by atoms with van der Waals surface area (Å²) in [5.74, 6) is 0.122. The predicted octanol–water partition coefficient (Wildman–Crippen LogP) is 1.59. The van der Waals surface area contributed by atoms with Crippen LogP contribution in [0.25, 0.3) is 0 Å². The van der Waals surface area contributed by atoms with Gasteiger partial charge in [-0.05, 0) is 37.1 Å². The number of sulfonamides is 1. The molecule has 3 heterocycles. The Labute approximate surface area is 140 Å². The van der Waals surface area contributed by atoms with E-state index in [9.17, 15) is 13.2 Å². The van der Waals surface area contributed by atoms with Crippen LogP contribution in [0.4, 0.5) is 0 Å². The van der Waals surface area contributed by atoms with Gasteiger partial charge in [0.2, 0.25) is 15.9 Å². The minimum absolute atomic E-state index is 0.0672. The first-order chi connectivity index (χ1) is 11.0. The second kappa shape index (κ2) is 7.29. The van der Waals surface area contributed by atoms with Gasteiger partial charge in [0.15, 0.2) is 0 Å². The van der Waals surface area contributed by atoms with Crippen molar-refractivity contribution in [3.05, 3.63) is 17.5 Å². The zero-order valence-corrected chi connectivity index (χ0v) is 14.6. The van der Waals surface area contributed by atoms with E-state index in [1.807, 2.05) is 4.90 Å². The number of nitrogens with zero attached hydrogens (tertiary/aromatic N) is 1. The van der Waals surface area contributed by atoms with E-state index >= 15 is 0 Å². The standard InChI is InChI=1S/C15H22N2O4S2/c18-14(11-13-3-1-9-21-13)17-7-5-12(6-8-17)16-23(19,20)15-4-2-10-22-15/h2,4,10,12-13,16H,1,3,5-9,11H2. The van der Waals surface area contributed by atoms with Gasteiger partial charge in [0.05, 0.1) is 12.5 Å². The highest BCUT2D eigenvalue weighted by molar-refractivity contribution is 7.91. The molecule has 0 radical (unpaired) electrons. The summed E-state index contributed by atoms with van der Waals surface area (Å²) in [6.45, 7) is 1.96. The summed E-state index contributed by atoms with van der Waals surface area (Å²) in [6, 6.07) is 3.23. The van der Waals surface area contributed by atoms with Gasteiger partial charge in [0.1, 0.15) is 4.21 Å². The molecule has 0 bridgehead atoms. The van der Waals surface area contributed by atoms with E-state index in [0.717, 1.165) is 19.4 Å². The van der Waals surface area contributed by atoms with Gasteiger partial charge in [0, 0.05) is 25.7 Å². The molecule has 2 aliphatic heterocycles. The number of ether oxygens (including phenoxy) is 1. The van der Waals surface area contributed by atoms with Gasteiger partial charge < -0.3 is 9.64 Å². The van der Waals surface area contributed by atoms with Gasteiger partial charge in [-0.1, -0.05) is 6.07 Å². The number of carbonyl (C=O) groups is 1. The lowest BCUT2D eigenvalue weighted by Crippen LogP contribution is -2.46. The number of nitrogens with one attached hydrogen (secondary N) is 1. The molecule has 1 N–H and O–H groups in total. The molecule has 0 aromatic carbocycles. The van der Waals surface area contributed by atoms with Crippen LogP contribution in [-0.4, -0.2) is 51.1 Å². The molecule has 6 nitrogen and oxygen atoms in total. The van der Waals surface area contributed by atoms with Gasteiger partial charge in [0.25, 0.3) is 0 Å². The first-order valence-corrected chi connectivity index (χ1v) is 10.4. The molecular formula is C15H22N2O4S2. The molecule has 2 saturated heterocycles. The number of hydrogen-bond acceptors (Lipinski definition) is 5. The minimum atomic E-state index is -3.43. The van der Waals surface area contributed by atoms with Crippen molar-refractivity contribution in [3.63, 3.8) is 0 Å². The van der Waals surface area contributed by atoms with Crippen LogP contribution in [0.5, 0.6) is 0 Å². The zero-order valence-electron chi connectivity index (χ0n) is 12.9. The van der Waals surface area contributed by atoms with Gasteiger partial charge >= 0.3 is 0 Å². The topological polar surface area (TPSA) is 75.7 Å². The highest BCUT2D eigenvalue weighted by Crippen LogP contribution is 2.21. The number of carbonyl (C=O) groups excluding carboxylic acids is 1. The summed E-state index contributed by atoms with van der Waals surface area (Å²) in [7, 11) is -3.43. The van der Waals surface area contributed by atoms with Crippen molar-refractivity contribution in [2.24, 2.45) is 0 Å². The molecule has 1 aromatic rings. The second-order valence-electron chi connectivity index (χ2n) is 6.05. The van der Waals surface area contributed by atoms with Crippen LogP contribution in [-0.2, 0) is 19.6 Å². The highest BCUT2D eigenvalue weighted by atomic mass is 32.2. The third kappa shape index (κ3) is 4.32. The molecule has 0 saturated carbocycles. The van der Waals surface area contributed by atoms with Gasteiger partial charge in [-0.25, -0.2) is 13.1 Å². The fourth-order valence-electron chi connectivity index (χ4n) is 3.07. The average Bonchev–Trinajstić information content (AvgIpc) is 3.21. The Balaban J connectivity index is 1.47. The third-order valence-corrected chi connectivity index (χ3v) is 7.27. The van der Waals surface area contributed by atoms with Crippen molar-refractivity contribution in [3.8, 4) is 0 Å². The Hall–Kier alpha value is -0.960. The summed E-state index contributed by atoms with van der Waals surface area (Å²) < 4.78 is 33.0. The molecule has 1 unspecified atom stereocenters. The summed E-state index contributed by atoms with van der Waals surface area (Å²) in [5, 5.41) is 1.75. The Kier molecular flexibility index (Phi) is 5.35. The van der Waals surface area contributed by atoms with Crippen LogP contribution in [0, 0.1) is 0 Å². The predicted molar refractivity (Wildman–Crippen MR) is 87.8 cm³/mol. The molecule has 8 heteroatoms. The van der Waals surface area contributed by atoms with E-state index in [1.165, 1.54) is 11.3 Å². The smallest absolute Gasteiger partial charge is 0.250 e. The highest BCUT2D eigenvalue weighted by Gasteiger charge is 2.28. The molecule has 1 amide bonds. The van der Waals surface area contributed by atoms with E-state index in [4.69, 9.17) is 4.74 Å². The van der Waals surface area contributed by atoms with Gasteiger partial charge in [-0.15, -0.1) is 11.3 Å². The molecule has 0 aliphatic carbocycles. The summed E-state index contributed by atoms with van der Waals surface area (Å²) >= 11 is 1.21. The number of likely N-dealkylation sites (tertiary alicyclic amines) is 1. The van der Waals surface area contributed by atoms with E-state index in [0.29, 0.717) is 36.6 Å². The first kappa shape index (κ1) is 16.9. The summed E-state index contributed by atoms with van der Waals surface area (Å²) in [6.07, 6.45) is 3.82. The molecule has 0 spiro atoms. The monoisotopic (exact) mass is 358 g/mol. The normalized spacial score (nSPS) is 23.3. The van der Waals surface area contributed by atoms with E-state index in [2.05, 4.69) is 4.72 Å². The molecule has 1 aromatic heterocycles. The van der Waals surface area contributed by atoms with Gasteiger partial charge in [-0.3, -0.25) is 4.79 Å². The SMILES string of the molecule is O=C(CC1CCCO1)N1CCC(NS(=O)(=O)c2cccs2)CC1. The largest absolute Gasteiger partial charge is 0.378 e. The fraction of sp³-hybridized carbons (Fsp3) is 0.667. The number of hydrogen-bond donors (Lipinski definition) is 1. The minimum Gasteiger partial charge on any atom is -0.378 e. The summed E-state index contributed by atoms with van der Waals surface area (Å²) in [5.41, 5.74) is 0. The molecule has 23 heavy (non-hydrogen) atoms. The maximum Gasteiger partial charge on any atom is 0.250 e. The molecule has 2 fully saturated rings. The molecule has 2 aliphatic rings. The number of piperidine rings is 1. The van der Waals surface area contributed by atoms with E-state index in [-0.39, 0.29) is 18.1 Å². The maximum absolute atomic E-state index is 12.2. The number of rotatable bonds is 5. The lowest BCUT2D eigenvalue weighted by Gasteiger charge is -2.32. The quantitative estimate of drug-likeness (QED) is 0.867. The van der Waals surface area contributed by atoms with Crippen LogP contribution in [0.3, 0.4) is 0 Å². The van der Waals surface area contributed by atoms with E-state index in [1.54, 1.807) is 17.5 Å². The van der Waals surface area contributed by atoms with Gasteiger partial charge in [-0.2, -0.15) is 0 Å². The molecular weight excluding hydrogens is 336 g/mol. The molecule has 3 rings (SSSR count). The van der Waals surface area contributed by atoms with E-state index < -0.39 is 10.0 Å². The number of amides is 1. The van der Waals surface area contributed by atoms with Crippen molar-refractivity contribution in [1.29, 1.82) is 0 Å². The van der Waals surface area contributed by atoms with Crippen molar-refractivity contribution in [2.45, 2.75) is 48.5 Å². The first-order valence-electron chi connectivity index (χ1n) is 8.00. The zero-order chi connectivity index (χ0) is 16.3. The maximum atomic E-state index is 12.2. The fourth-order valence-corrected chi connectivity index (χ4v) is 5.38. The Morgan fingerprint density at radius 1 is 1.35 bits per heavy atom. The lowest BCUT2D eigenvalue weighted by atomic mass is 10.0. The molecule has 1 atom stereocenters. The lowest BCUT2D eigenvalue weighted by molar-refractivity contribution is -0.134. The third-order valence-electron chi connectivity index (χ3n) is 4.36. The van der Waals surface area contributed by atoms with Crippen molar-refractivity contribution in [1.82, 2.24) is 9.62 Å². The van der Waals surface area contributed by atoms with Crippen LogP contribution in [0.2, 0.25) is 0 Å². The number of thiophene rings is 1. The van der Waals surface area contributed by atoms with Crippen molar-refractivity contribution in [2.75, 3.05) is 19.7 Å². The van der Waals surface area contributed by atoms with Crippen LogP contribution in [0.1, 0.15) is 32.1 Å².